The van der Waals surface area contributed by atoms with E-state index in [0.717, 1.165) is 23.7 Å². The monoisotopic (exact) mass is 344 g/mol. The molecule has 2 bridgehead atoms. The maximum Gasteiger partial charge on any atom is 0.216 e. The fourth-order valence-corrected chi connectivity index (χ4v) is 4.75. The van der Waals surface area contributed by atoms with Gasteiger partial charge in [-0.25, -0.2) is 13.4 Å². The molecule has 1 N–H and O–H groups in total. The molecule has 126 valence electrons. The number of aromatic nitrogens is 1. The SMILES string of the molecule is COc1ncc(Nc2cccc(S(C)(=O)=O)c2)c2c1C1CCC2C1. The highest BCUT2D eigenvalue weighted by atomic mass is 32.2. The normalized spacial score (nSPS) is 21.6. The smallest absolute Gasteiger partial charge is 0.216 e. The second-order valence-electron chi connectivity index (χ2n) is 6.64. The maximum atomic E-state index is 11.8. The summed E-state index contributed by atoms with van der Waals surface area (Å²) >= 11 is 0. The number of hydrogen-bond acceptors (Lipinski definition) is 5. The third-order valence-corrected chi connectivity index (χ3v) is 6.22. The maximum absolute atomic E-state index is 11.8. The highest BCUT2D eigenvalue weighted by Crippen LogP contribution is 2.57. The highest BCUT2D eigenvalue weighted by molar-refractivity contribution is 7.90. The van der Waals surface area contributed by atoms with E-state index in [1.54, 1.807) is 31.5 Å². The molecular weight excluding hydrogens is 324 g/mol. The van der Waals surface area contributed by atoms with Gasteiger partial charge >= 0.3 is 0 Å². The van der Waals surface area contributed by atoms with E-state index < -0.39 is 9.84 Å². The lowest BCUT2D eigenvalue weighted by atomic mass is 9.91. The van der Waals surface area contributed by atoms with Gasteiger partial charge < -0.3 is 10.1 Å². The quantitative estimate of drug-likeness (QED) is 0.918. The molecule has 1 aromatic carbocycles. The number of benzene rings is 1. The van der Waals surface area contributed by atoms with Crippen molar-refractivity contribution < 1.29 is 13.2 Å². The summed E-state index contributed by atoms with van der Waals surface area (Å²) in [5, 5.41) is 3.37. The van der Waals surface area contributed by atoms with Crippen LogP contribution in [0.3, 0.4) is 0 Å². The van der Waals surface area contributed by atoms with E-state index in [0.29, 0.717) is 16.7 Å². The minimum absolute atomic E-state index is 0.312. The van der Waals surface area contributed by atoms with E-state index in [2.05, 4.69) is 10.3 Å². The Bertz CT molecular complexity index is 908. The Kier molecular flexibility index (Phi) is 3.53. The second-order valence-corrected chi connectivity index (χ2v) is 8.66. The van der Waals surface area contributed by atoms with Crippen LogP contribution in [0.25, 0.3) is 0 Å². The molecule has 5 nitrogen and oxygen atoms in total. The zero-order chi connectivity index (χ0) is 16.9. The Balaban J connectivity index is 1.75. The van der Waals surface area contributed by atoms with Gasteiger partial charge in [-0.15, -0.1) is 0 Å². The first kappa shape index (κ1) is 15.4. The van der Waals surface area contributed by atoms with Gasteiger partial charge in [0.2, 0.25) is 5.88 Å². The fraction of sp³-hybridized carbons (Fsp3) is 0.389. The lowest BCUT2D eigenvalue weighted by Crippen LogP contribution is -2.07. The molecule has 1 saturated carbocycles. The van der Waals surface area contributed by atoms with Crippen LogP contribution in [-0.2, 0) is 9.84 Å². The van der Waals surface area contributed by atoms with Gasteiger partial charge in [-0.1, -0.05) is 6.07 Å². The number of sulfone groups is 1. The first-order chi connectivity index (χ1) is 11.5. The molecule has 1 aromatic heterocycles. The molecule has 2 unspecified atom stereocenters. The number of hydrogen-bond donors (Lipinski definition) is 1. The number of nitrogens with one attached hydrogen (secondary N) is 1. The number of fused-ring (bicyclic) bond motifs is 5. The molecule has 2 aliphatic carbocycles. The van der Waals surface area contributed by atoms with Gasteiger partial charge in [0.05, 0.1) is 23.9 Å². The van der Waals surface area contributed by atoms with Crippen molar-refractivity contribution >= 4 is 21.2 Å². The van der Waals surface area contributed by atoms with Crippen LogP contribution in [0, 0.1) is 0 Å². The summed E-state index contributed by atoms with van der Waals surface area (Å²) in [6.45, 7) is 0. The largest absolute Gasteiger partial charge is 0.481 e. The van der Waals surface area contributed by atoms with Crippen molar-refractivity contribution in [2.75, 3.05) is 18.7 Å². The van der Waals surface area contributed by atoms with Crippen LogP contribution in [0.5, 0.6) is 5.88 Å². The van der Waals surface area contributed by atoms with Crippen molar-refractivity contribution in [2.24, 2.45) is 0 Å². The fourth-order valence-electron chi connectivity index (χ4n) is 4.09. The molecule has 2 aliphatic rings. The topological polar surface area (TPSA) is 68.3 Å². The van der Waals surface area contributed by atoms with E-state index >= 15 is 0 Å². The standard InChI is InChI=1S/C18H20N2O3S/c1-23-18-17-12-7-6-11(8-12)16(17)15(10-19-18)20-13-4-3-5-14(9-13)24(2,21)22/h3-5,9-12,20H,6-8H2,1-2H3. The summed E-state index contributed by atoms with van der Waals surface area (Å²) in [4.78, 5) is 4.76. The summed E-state index contributed by atoms with van der Waals surface area (Å²) in [7, 11) is -1.56. The summed E-state index contributed by atoms with van der Waals surface area (Å²) in [5.74, 6) is 1.81. The van der Waals surface area contributed by atoms with Gasteiger partial charge in [0.1, 0.15) is 0 Å². The van der Waals surface area contributed by atoms with E-state index in [1.807, 2.05) is 6.07 Å². The Morgan fingerprint density at radius 1 is 1.21 bits per heavy atom. The summed E-state index contributed by atoms with van der Waals surface area (Å²) < 4.78 is 29.0. The molecule has 1 fully saturated rings. The van der Waals surface area contributed by atoms with Gasteiger partial charge in [-0.05, 0) is 54.9 Å². The average molecular weight is 344 g/mol. The van der Waals surface area contributed by atoms with Crippen LogP contribution < -0.4 is 10.1 Å². The number of nitrogens with zero attached hydrogens (tertiary/aromatic N) is 1. The molecule has 0 aliphatic heterocycles. The lowest BCUT2D eigenvalue weighted by molar-refractivity contribution is 0.388. The van der Waals surface area contributed by atoms with Crippen LogP contribution in [-0.4, -0.2) is 26.8 Å². The predicted molar refractivity (Wildman–Crippen MR) is 93.0 cm³/mol. The van der Waals surface area contributed by atoms with Crippen LogP contribution >= 0.6 is 0 Å². The Morgan fingerprint density at radius 2 is 1.96 bits per heavy atom. The molecule has 1 heterocycles. The third kappa shape index (κ3) is 2.45. The molecule has 0 amide bonds. The molecule has 0 radical (unpaired) electrons. The van der Waals surface area contributed by atoms with Gasteiger partial charge in [0.15, 0.2) is 9.84 Å². The molecule has 0 spiro atoms. The molecular formula is C18H20N2O3S. The van der Waals surface area contributed by atoms with Gasteiger partial charge in [-0.3, -0.25) is 0 Å². The van der Waals surface area contributed by atoms with Crippen LogP contribution in [0.4, 0.5) is 11.4 Å². The van der Waals surface area contributed by atoms with Gasteiger partial charge in [0.25, 0.3) is 0 Å². The molecule has 2 aromatic rings. The van der Waals surface area contributed by atoms with E-state index in [1.165, 1.54) is 30.2 Å². The Morgan fingerprint density at radius 3 is 2.67 bits per heavy atom. The summed E-state index contributed by atoms with van der Waals surface area (Å²) in [5.41, 5.74) is 4.25. The minimum Gasteiger partial charge on any atom is -0.481 e. The molecule has 0 saturated heterocycles. The Labute approximate surface area is 142 Å². The summed E-state index contributed by atoms with van der Waals surface area (Å²) in [6.07, 6.45) is 6.57. The number of rotatable bonds is 4. The summed E-state index contributed by atoms with van der Waals surface area (Å²) in [6, 6.07) is 6.90. The van der Waals surface area contributed by atoms with Gasteiger partial charge in [-0.2, -0.15) is 0 Å². The molecule has 24 heavy (non-hydrogen) atoms. The van der Waals surface area contributed by atoms with Crippen molar-refractivity contribution in [2.45, 2.75) is 36.0 Å². The third-order valence-electron chi connectivity index (χ3n) is 5.11. The average Bonchev–Trinajstić information content (AvgIpc) is 3.17. The zero-order valence-corrected chi connectivity index (χ0v) is 14.6. The molecule has 4 rings (SSSR count). The van der Waals surface area contributed by atoms with Gasteiger partial charge in [0, 0.05) is 17.5 Å². The Hall–Kier alpha value is -2.08. The van der Waals surface area contributed by atoms with E-state index in [9.17, 15) is 8.42 Å². The number of methoxy groups -OCH3 is 1. The first-order valence-electron chi connectivity index (χ1n) is 8.11. The van der Waals surface area contributed by atoms with Crippen LogP contribution in [0.1, 0.15) is 42.2 Å². The zero-order valence-electron chi connectivity index (χ0n) is 13.7. The number of ether oxygens (including phenoxy) is 1. The molecule has 2 atom stereocenters. The van der Waals surface area contributed by atoms with Crippen molar-refractivity contribution in [1.82, 2.24) is 4.98 Å². The predicted octanol–water partition coefficient (Wildman–Crippen LogP) is 3.60. The van der Waals surface area contributed by atoms with Crippen molar-refractivity contribution in [3.05, 3.63) is 41.6 Å². The minimum atomic E-state index is -3.22. The van der Waals surface area contributed by atoms with Crippen molar-refractivity contribution in [3.63, 3.8) is 0 Å². The van der Waals surface area contributed by atoms with Crippen molar-refractivity contribution in [3.8, 4) is 5.88 Å². The van der Waals surface area contributed by atoms with Crippen LogP contribution in [0.2, 0.25) is 0 Å². The second kappa shape index (κ2) is 5.48. The first-order valence-corrected chi connectivity index (χ1v) is 10.0. The number of anilines is 2. The van der Waals surface area contributed by atoms with E-state index in [-0.39, 0.29) is 0 Å². The van der Waals surface area contributed by atoms with E-state index in [4.69, 9.17) is 4.74 Å². The highest BCUT2D eigenvalue weighted by Gasteiger charge is 2.41. The van der Waals surface area contributed by atoms with Crippen LogP contribution in [0.15, 0.2) is 35.4 Å². The lowest BCUT2D eigenvalue weighted by Gasteiger charge is -2.21. The number of pyridine rings is 1. The van der Waals surface area contributed by atoms with Crippen molar-refractivity contribution in [1.29, 1.82) is 0 Å². The molecule has 6 heteroatoms.